The number of carbonyl (C=O) groups excluding carboxylic acids is 2. The molecule has 0 aliphatic heterocycles. The predicted octanol–water partition coefficient (Wildman–Crippen LogP) is 4.92. The van der Waals surface area contributed by atoms with Crippen LogP contribution in [0.3, 0.4) is 0 Å². The maximum absolute atomic E-state index is 12.5. The number of ether oxygens (including phenoxy) is 1. The first-order chi connectivity index (χ1) is 12.2. The van der Waals surface area contributed by atoms with Gasteiger partial charge in [0.1, 0.15) is 0 Å². The summed E-state index contributed by atoms with van der Waals surface area (Å²) in [6.45, 7) is 11.6. The maximum atomic E-state index is 12.5. The molecule has 1 N–H and O–H groups in total. The number of carbonyl (C=O) groups is 2. The van der Waals surface area contributed by atoms with Crippen LogP contribution in [0.25, 0.3) is 0 Å². The number of nitrogens with one attached hydrogen (secondary N) is 1. The first-order valence-electron chi connectivity index (χ1n) is 8.89. The van der Waals surface area contributed by atoms with E-state index in [1.54, 1.807) is 19.1 Å². The topological polar surface area (TPSA) is 55.4 Å². The fourth-order valence-corrected chi connectivity index (χ4v) is 2.72. The van der Waals surface area contributed by atoms with Gasteiger partial charge in [0.2, 0.25) is 0 Å². The minimum absolute atomic E-state index is 0.276. The zero-order chi connectivity index (χ0) is 19.4. The Labute approximate surface area is 155 Å². The zero-order valence-electron chi connectivity index (χ0n) is 16.3. The molecule has 2 aromatic carbocycles. The van der Waals surface area contributed by atoms with E-state index in [9.17, 15) is 9.59 Å². The highest BCUT2D eigenvalue weighted by Gasteiger charge is 2.21. The van der Waals surface area contributed by atoms with E-state index in [-0.39, 0.29) is 11.8 Å². The number of anilines is 1. The third-order valence-electron chi connectivity index (χ3n) is 4.57. The molecule has 1 atom stereocenters. The lowest BCUT2D eigenvalue weighted by molar-refractivity contribution is -0.123. The Morgan fingerprint density at radius 1 is 0.923 bits per heavy atom. The van der Waals surface area contributed by atoms with Gasteiger partial charge in [-0.25, -0.2) is 4.79 Å². The van der Waals surface area contributed by atoms with Crippen LogP contribution in [0.1, 0.15) is 59.3 Å². The van der Waals surface area contributed by atoms with Gasteiger partial charge in [0.15, 0.2) is 6.10 Å². The van der Waals surface area contributed by atoms with Crippen molar-refractivity contribution in [3.05, 3.63) is 64.2 Å². The van der Waals surface area contributed by atoms with Crippen molar-refractivity contribution in [1.29, 1.82) is 0 Å². The van der Waals surface area contributed by atoms with Crippen molar-refractivity contribution in [2.24, 2.45) is 0 Å². The van der Waals surface area contributed by atoms with E-state index in [4.69, 9.17) is 4.74 Å². The molecule has 0 spiro atoms. The largest absolute Gasteiger partial charge is 0.449 e. The number of hydrogen-bond acceptors (Lipinski definition) is 3. The molecule has 0 aliphatic carbocycles. The highest BCUT2D eigenvalue weighted by molar-refractivity contribution is 5.98. The van der Waals surface area contributed by atoms with Crippen LogP contribution < -0.4 is 5.32 Å². The molecular formula is C22H27NO3. The number of benzene rings is 2. The fourth-order valence-electron chi connectivity index (χ4n) is 2.72. The highest BCUT2D eigenvalue weighted by atomic mass is 16.5. The maximum Gasteiger partial charge on any atom is 0.338 e. The molecule has 0 aromatic heterocycles. The molecule has 0 saturated heterocycles. The first kappa shape index (κ1) is 19.7. The monoisotopic (exact) mass is 353 g/mol. The third kappa shape index (κ3) is 4.51. The van der Waals surface area contributed by atoms with Crippen molar-refractivity contribution in [2.45, 2.75) is 53.6 Å². The Kier molecular flexibility index (Phi) is 6.19. The molecule has 1 amide bonds. The second kappa shape index (κ2) is 8.17. The number of rotatable bonds is 5. The molecule has 2 aromatic rings. The normalized spacial score (nSPS) is 12.0. The SMILES string of the molecule is Cc1ccc(C(=O)O[C@H](C)C(=O)Nc2c(C)cccc2C(C)C)cc1C. The molecule has 0 aliphatic rings. The molecule has 0 unspecified atom stereocenters. The Bertz CT molecular complexity index is 824. The lowest BCUT2D eigenvalue weighted by Crippen LogP contribution is -2.30. The van der Waals surface area contributed by atoms with Crippen molar-refractivity contribution in [3.8, 4) is 0 Å². The molecule has 2 rings (SSSR count). The number of hydrogen-bond donors (Lipinski definition) is 1. The van der Waals surface area contributed by atoms with Crippen LogP contribution in [0.5, 0.6) is 0 Å². The summed E-state index contributed by atoms with van der Waals surface area (Å²) in [6.07, 6.45) is -0.885. The minimum Gasteiger partial charge on any atom is -0.449 e. The Hall–Kier alpha value is -2.62. The second-order valence-corrected chi connectivity index (χ2v) is 7.03. The Balaban J connectivity index is 2.11. The molecule has 26 heavy (non-hydrogen) atoms. The van der Waals surface area contributed by atoms with Crippen LogP contribution >= 0.6 is 0 Å². The average Bonchev–Trinajstić information content (AvgIpc) is 2.58. The Morgan fingerprint density at radius 3 is 2.23 bits per heavy atom. The molecule has 0 heterocycles. The quantitative estimate of drug-likeness (QED) is 0.776. The molecular weight excluding hydrogens is 326 g/mol. The lowest BCUT2D eigenvalue weighted by Gasteiger charge is -2.19. The van der Waals surface area contributed by atoms with Gasteiger partial charge in [0, 0.05) is 5.69 Å². The molecule has 138 valence electrons. The van der Waals surface area contributed by atoms with E-state index in [1.807, 2.05) is 45.0 Å². The average molecular weight is 353 g/mol. The third-order valence-corrected chi connectivity index (χ3v) is 4.57. The van der Waals surface area contributed by atoms with Crippen molar-refractivity contribution < 1.29 is 14.3 Å². The summed E-state index contributed by atoms with van der Waals surface area (Å²) in [6, 6.07) is 11.3. The number of esters is 1. The van der Waals surface area contributed by atoms with Gasteiger partial charge in [0.25, 0.3) is 5.91 Å². The summed E-state index contributed by atoms with van der Waals surface area (Å²) in [5.74, 6) is -0.554. The van der Waals surface area contributed by atoms with Crippen LogP contribution in [-0.2, 0) is 9.53 Å². The van der Waals surface area contributed by atoms with Crippen molar-refractivity contribution in [3.63, 3.8) is 0 Å². The van der Waals surface area contributed by atoms with E-state index >= 15 is 0 Å². The number of amides is 1. The Morgan fingerprint density at radius 2 is 1.62 bits per heavy atom. The van der Waals surface area contributed by atoms with Crippen LogP contribution in [0.15, 0.2) is 36.4 Å². The second-order valence-electron chi connectivity index (χ2n) is 7.03. The predicted molar refractivity (Wildman–Crippen MR) is 105 cm³/mol. The van der Waals surface area contributed by atoms with Crippen molar-refractivity contribution >= 4 is 17.6 Å². The van der Waals surface area contributed by atoms with Gasteiger partial charge in [-0.2, -0.15) is 0 Å². The van der Waals surface area contributed by atoms with Crippen LogP contribution in [0.4, 0.5) is 5.69 Å². The summed E-state index contributed by atoms with van der Waals surface area (Å²) >= 11 is 0. The van der Waals surface area contributed by atoms with Crippen LogP contribution in [0.2, 0.25) is 0 Å². The molecule has 4 heteroatoms. The summed E-state index contributed by atoms with van der Waals surface area (Å²) in [5.41, 5.74) is 5.41. The number of aryl methyl sites for hydroxylation is 3. The van der Waals surface area contributed by atoms with Crippen LogP contribution in [-0.4, -0.2) is 18.0 Å². The first-order valence-corrected chi connectivity index (χ1v) is 8.89. The summed E-state index contributed by atoms with van der Waals surface area (Å²) < 4.78 is 5.35. The molecule has 0 saturated carbocycles. The van der Waals surface area contributed by atoms with Crippen LogP contribution in [0, 0.1) is 20.8 Å². The fraction of sp³-hybridized carbons (Fsp3) is 0.364. The van der Waals surface area contributed by atoms with Gasteiger partial charge < -0.3 is 10.1 Å². The van der Waals surface area contributed by atoms with Crippen molar-refractivity contribution in [2.75, 3.05) is 5.32 Å². The summed E-state index contributed by atoms with van der Waals surface area (Å²) in [5, 5.41) is 2.92. The van der Waals surface area contributed by atoms with Gasteiger partial charge in [-0.15, -0.1) is 0 Å². The van der Waals surface area contributed by atoms with Crippen molar-refractivity contribution in [1.82, 2.24) is 0 Å². The molecule has 0 radical (unpaired) electrons. The summed E-state index contributed by atoms with van der Waals surface area (Å²) in [4.78, 5) is 24.9. The molecule has 0 fully saturated rings. The van der Waals surface area contributed by atoms with E-state index in [1.165, 1.54) is 0 Å². The van der Waals surface area contributed by atoms with Gasteiger partial charge in [-0.1, -0.05) is 38.1 Å². The van der Waals surface area contributed by atoms with E-state index in [0.29, 0.717) is 5.56 Å². The number of para-hydroxylation sites is 1. The standard InChI is InChI=1S/C22H27NO3/c1-13(2)19-9-7-8-15(4)20(19)23-21(24)17(6)26-22(25)18-11-10-14(3)16(5)12-18/h7-13,17H,1-6H3,(H,23,24)/t17-/m1/s1. The van der Waals surface area contributed by atoms with E-state index in [2.05, 4.69) is 19.2 Å². The highest BCUT2D eigenvalue weighted by Crippen LogP contribution is 2.27. The van der Waals surface area contributed by atoms with E-state index in [0.717, 1.165) is 27.9 Å². The smallest absolute Gasteiger partial charge is 0.338 e. The summed E-state index contributed by atoms with van der Waals surface area (Å²) in [7, 11) is 0. The van der Waals surface area contributed by atoms with Gasteiger partial charge >= 0.3 is 5.97 Å². The van der Waals surface area contributed by atoms with E-state index < -0.39 is 12.1 Å². The molecule has 0 bridgehead atoms. The van der Waals surface area contributed by atoms with Gasteiger partial charge in [-0.3, -0.25) is 4.79 Å². The zero-order valence-corrected chi connectivity index (χ0v) is 16.3. The molecule has 4 nitrogen and oxygen atoms in total. The lowest BCUT2D eigenvalue weighted by atomic mass is 9.98. The van der Waals surface area contributed by atoms with Gasteiger partial charge in [-0.05, 0) is 68.0 Å². The minimum atomic E-state index is -0.885. The van der Waals surface area contributed by atoms with Gasteiger partial charge in [0.05, 0.1) is 5.56 Å².